The summed E-state index contributed by atoms with van der Waals surface area (Å²) in [7, 11) is 0. The largest absolute Gasteiger partial charge is 0.315 e. The van der Waals surface area contributed by atoms with Gasteiger partial charge in [-0.3, -0.25) is 29.4 Å². The monoisotopic (exact) mass is 396 g/mol. The summed E-state index contributed by atoms with van der Waals surface area (Å²) in [6, 6.07) is 4.25. The van der Waals surface area contributed by atoms with Gasteiger partial charge in [-0.05, 0) is 43.5 Å². The minimum Gasteiger partial charge on any atom is -0.315 e. The Labute approximate surface area is 168 Å². The molecule has 0 aromatic heterocycles. The Kier molecular flexibility index (Phi) is 5.06. The summed E-state index contributed by atoms with van der Waals surface area (Å²) >= 11 is 0. The predicted molar refractivity (Wildman–Crippen MR) is 105 cm³/mol. The molecule has 3 aliphatic heterocycles. The van der Waals surface area contributed by atoms with E-state index >= 15 is 0 Å². The first-order valence-corrected chi connectivity index (χ1v) is 9.85. The van der Waals surface area contributed by atoms with Gasteiger partial charge in [-0.25, -0.2) is 0 Å². The van der Waals surface area contributed by atoms with Gasteiger partial charge in [0.1, 0.15) is 6.04 Å². The lowest BCUT2D eigenvalue weighted by atomic mass is 9.93. The van der Waals surface area contributed by atoms with Crippen LogP contribution in [0.2, 0.25) is 0 Å². The maximum absolute atomic E-state index is 12.9. The van der Waals surface area contributed by atoms with E-state index in [0.717, 1.165) is 36.4 Å². The van der Waals surface area contributed by atoms with Gasteiger partial charge in [0.05, 0.1) is 11.1 Å². The summed E-state index contributed by atoms with van der Waals surface area (Å²) in [6.45, 7) is 6.20. The second-order valence-corrected chi connectivity index (χ2v) is 7.88. The van der Waals surface area contributed by atoms with E-state index < -0.39 is 23.8 Å². The molecule has 2 atom stereocenters. The number of benzene rings is 1. The van der Waals surface area contributed by atoms with Gasteiger partial charge in [0, 0.05) is 25.0 Å². The SMILES string of the molecule is C=CCC1(NCc2ccc3c(c2)C(=O)N(C2CCC(=O)NC2=O)C3=O)CCNC1. The van der Waals surface area contributed by atoms with Gasteiger partial charge < -0.3 is 10.6 Å². The topological polar surface area (TPSA) is 108 Å². The van der Waals surface area contributed by atoms with Crippen molar-refractivity contribution >= 4 is 23.6 Å². The second kappa shape index (κ2) is 7.53. The number of nitrogens with one attached hydrogen (secondary N) is 3. The first kappa shape index (κ1) is 19.5. The van der Waals surface area contributed by atoms with Crippen molar-refractivity contribution in [3.05, 3.63) is 47.5 Å². The lowest BCUT2D eigenvalue weighted by Gasteiger charge is -2.28. The van der Waals surface area contributed by atoms with Gasteiger partial charge >= 0.3 is 0 Å². The van der Waals surface area contributed by atoms with Crippen molar-refractivity contribution in [2.24, 2.45) is 0 Å². The molecule has 1 aromatic rings. The van der Waals surface area contributed by atoms with Crippen LogP contribution in [0.3, 0.4) is 0 Å². The Hall–Kier alpha value is -2.84. The van der Waals surface area contributed by atoms with Crippen LogP contribution in [0.1, 0.15) is 52.0 Å². The Balaban J connectivity index is 1.52. The number of piperidine rings is 1. The smallest absolute Gasteiger partial charge is 0.262 e. The number of rotatable bonds is 6. The molecule has 2 unspecified atom stereocenters. The zero-order valence-electron chi connectivity index (χ0n) is 16.1. The maximum Gasteiger partial charge on any atom is 0.262 e. The minimum atomic E-state index is -0.943. The molecule has 3 N–H and O–H groups in total. The number of carbonyl (C=O) groups excluding carboxylic acids is 4. The fraction of sp³-hybridized carbons (Fsp3) is 0.429. The summed E-state index contributed by atoms with van der Waals surface area (Å²) in [5, 5.41) is 9.14. The molecule has 8 nitrogen and oxygen atoms in total. The molecule has 0 aliphatic carbocycles. The van der Waals surface area contributed by atoms with Crippen molar-refractivity contribution in [2.75, 3.05) is 13.1 Å². The fourth-order valence-electron chi connectivity index (χ4n) is 4.33. The van der Waals surface area contributed by atoms with E-state index in [-0.39, 0.29) is 24.3 Å². The van der Waals surface area contributed by atoms with E-state index in [2.05, 4.69) is 22.5 Å². The zero-order valence-corrected chi connectivity index (χ0v) is 16.1. The summed E-state index contributed by atoms with van der Waals surface area (Å²) in [6.07, 6.45) is 4.00. The van der Waals surface area contributed by atoms with E-state index in [0.29, 0.717) is 17.7 Å². The molecule has 2 saturated heterocycles. The predicted octanol–water partition coefficient (Wildman–Crippen LogP) is 0.486. The summed E-state index contributed by atoms with van der Waals surface area (Å²) in [4.78, 5) is 50.2. The van der Waals surface area contributed by atoms with Crippen molar-refractivity contribution in [2.45, 2.75) is 43.8 Å². The third kappa shape index (κ3) is 3.49. The molecule has 29 heavy (non-hydrogen) atoms. The fourth-order valence-corrected chi connectivity index (χ4v) is 4.33. The molecule has 0 radical (unpaired) electrons. The molecular formula is C21H24N4O4. The molecule has 0 bridgehead atoms. The van der Waals surface area contributed by atoms with Crippen molar-refractivity contribution in [3.63, 3.8) is 0 Å². The third-order valence-electron chi connectivity index (χ3n) is 5.95. The average molecular weight is 396 g/mol. The first-order chi connectivity index (χ1) is 13.9. The van der Waals surface area contributed by atoms with Crippen LogP contribution < -0.4 is 16.0 Å². The third-order valence-corrected chi connectivity index (χ3v) is 5.95. The van der Waals surface area contributed by atoms with E-state index in [4.69, 9.17) is 0 Å². The minimum absolute atomic E-state index is 0.0562. The Morgan fingerprint density at radius 1 is 1.21 bits per heavy atom. The number of hydrogen-bond acceptors (Lipinski definition) is 6. The molecular weight excluding hydrogens is 372 g/mol. The van der Waals surface area contributed by atoms with Crippen LogP contribution in [0.5, 0.6) is 0 Å². The number of imide groups is 2. The second-order valence-electron chi connectivity index (χ2n) is 7.88. The van der Waals surface area contributed by atoms with E-state index in [9.17, 15) is 19.2 Å². The molecule has 3 aliphatic rings. The molecule has 2 fully saturated rings. The van der Waals surface area contributed by atoms with Crippen LogP contribution in [0.15, 0.2) is 30.9 Å². The van der Waals surface area contributed by atoms with Crippen LogP contribution in [0, 0.1) is 0 Å². The molecule has 3 heterocycles. The van der Waals surface area contributed by atoms with Crippen molar-refractivity contribution in [1.82, 2.24) is 20.9 Å². The molecule has 8 heteroatoms. The molecule has 0 saturated carbocycles. The van der Waals surface area contributed by atoms with Gasteiger partial charge in [0.25, 0.3) is 11.8 Å². The van der Waals surface area contributed by atoms with Crippen LogP contribution in [-0.4, -0.2) is 53.2 Å². The lowest BCUT2D eigenvalue weighted by Crippen LogP contribution is -2.54. The van der Waals surface area contributed by atoms with Crippen molar-refractivity contribution < 1.29 is 19.2 Å². The molecule has 1 aromatic carbocycles. The summed E-state index contributed by atoms with van der Waals surface area (Å²) in [5.74, 6) is -1.95. The number of carbonyl (C=O) groups is 4. The van der Waals surface area contributed by atoms with E-state index in [1.165, 1.54) is 0 Å². The van der Waals surface area contributed by atoms with E-state index in [1.807, 2.05) is 12.1 Å². The maximum atomic E-state index is 12.9. The number of amides is 4. The lowest BCUT2D eigenvalue weighted by molar-refractivity contribution is -0.136. The molecule has 4 rings (SSSR count). The van der Waals surface area contributed by atoms with E-state index in [1.54, 1.807) is 12.1 Å². The molecule has 0 spiro atoms. The molecule has 4 amide bonds. The van der Waals surface area contributed by atoms with Crippen LogP contribution >= 0.6 is 0 Å². The number of nitrogens with zero attached hydrogens (tertiary/aromatic N) is 1. The number of hydrogen-bond donors (Lipinski definition) is 3. The van der Waals surface area contributed by atoms with Crippen molar-refractivity contribution in [3.8, 4) is 0 Å². The highest BCUT2D eigenvalue weighted by Crippen LogP contribution is 2.29. The summed E-state index contributed by atoms with van der Waals surface area (Å²) < 4.78 is 0. The standard InChI is InChI=1S/C21H24N4O4/c1-2-7-21(8-9-22-12-21)23-11-13-3-4-14-15(10-13)20(29)25(19(14)28)16-5-6-17(26)24-18(16)27/h2-4,10,16,22-23H,1,5-9,11-12H2,(H,24,26,27). The number of fused-ring (bicyclic) bond motifs is 1. The van der Waals surface area contributed by atoms with Gasteiger partial charge in [0.15, 0.2) is 0 Å². The van der Waals surface area contributed by atoms with Crippen LogP contribution in [0.4, 0.5) is 0 Å². The Morgan fingerprint density at radius 2 is 2.00 bits per heavy atom. The van der Waals surface area contributed by atoms with Crippen LogP contribution in [0.25, 0.3) is 0 Å². The van der Waals surface area contributed by atoms with Gasteiger partial charge in [-0.2, -0.15) is 0 Å². The Morgan fingerprint density at radius 3 is 2.69 bits per heavy atom. The quantitative estimate of drug-likeness (QED) is 0.477. The highest BCUT2D eigenvalue weighted by molar-refractivity contribution is 6.23. The highest BCUT2D eigenvalue weighted by atomic mass is 16.2. The average Bonchev–Trinajstić information content (AvgIpc) is 3.25. The zero-order chi connectivity index (χ0) is 20.6. The molecule has 152 valence electrons. The van der Waals surface area contributed by atoms with Gasteiger partial charge in [-0.1, -0.05) is 12.1 Å². The Bertz CT molecular complexity index is 904. The first-order valence-electron chi connectivity index (χ1n) is 9.85. The van der Waals surface area contributed by atoms with Gasteiger partial charge in [0.2, 0.25) is 11.8 Å². The summed E-state index contributed by atoms with van der Waals surface area (Å²) in [5.41, 5.74) is 1.44. The van der Waals surface area contributed by atoms with Crippen LogP contribution in [-0.2, 0) is 16.1 Å². The van der Waals surface area contributed by atoms with Crippen molar-refractivity contribution in [1.29, 1.82) is 0 Å². The van der Waals surface area contributed by atoms with Gasteiger partial charge in [-0.15, -0.1) is 6.58 Å². The highest BCUT2D eigenvalue weighted by Gasteiger charge is 2.44. The normalized spacial score (nSPS) is 26.6.